The first kappa shape index (κ1) is 18.4. The number of aromatic nitrogens is 2. The van der Waals surface area contributed by atoms with Crippen LogP contribution in [0.5, 0.6) is 5.75 Å². The van der Waals surface area contributed by atoms with E-state index < -0.39 is 23.5 Å². The van der Waals surface area contributed by atoms with Gasteiger partial charge in [-0.2, -0.15) is 5.10 Å². The minimum atomic E-state index is -0.912. The summed E-state index contributed by atoms with van der Waals surface area (Å²) in [5, 5.41) is 7.07. The SMILES string of the molecule is CC(Oc1ccccc1Cl)C(=O)NNC(=O)c1n[nH]c(=O)c2ccccc12. The van der Waals surface area contributed by atoms with Gasteiger partial charge in [0.15, 0.2) is 11.8 Å². The van der Waals surface area contributed by atoms with E-state index in [1.54, 1.807) is 48.5 Å². The molecule has 0 fully saturated rings. The fourth-order valence-electron chi connectivity index (χ4n) is 2.35. The Labute approximate surface area is 158 Å². The van der Waals surface area contributed by atoms with Gasteiger partial charge in [-0.05, 0) is 25.1 Å². The minimum Gasteiger partial charge on any atom is -0.479 e. The summed E-state index contributed by atoms with van der Waals surface area (Å²) < 4.78 is 5.47. The smallest absolute Gasteiger partial charge is 0.290 e. The molecule has 27 heavy (non-hydrogen) atoms. The molecule has 0 saturated carbocycles. The normalized spacial score (nSPS) is 11.6. The number of amides is 2. The van der Waals surface area contributed by atoms with Crippen LogP contribution in [-0.4, -0.2) is 28.1 Å². The molecule has 0 aliphatic heterocycles. The number of carbonyl (C=O) groups is 2. The maximum atomic E-state index is 12.3. The Morgan fingerprint density at radius 2 is 1.74 bits per heavy atom. The molecule has 2 amide bonds. The molecule has 1 heterocycles. The molecule has 0 radical (unpaired) electrons. The Morgan fingerprint density at radius 3 is 2.48 bits per heavy atom. The lowest BCUT2D eigenvalue weighted by Gasteiger charge is -2.16. The number of para-hydroxylation sites is 1. The van der Waals surface area contributed by atoms with Crippen LogP contribution in [0, 0.1) is 0 Å². The molecule has 0 spiro atoms. The van der Waals surface area contributed by atoms with Crippen LogP contribution in [0.3, 0.4) is 0 Å². The molecule has 2 aromatic carbocycles. The van der Waals surface area contributed by atoms with Crippen molar-refractivity contribution < 1.29 is 14.3 Å². The molecule has 8 nitrogen and oxygen atoms in total. The van der Waals surface area contributed by atoms with Gasteiger partial charge in [0.05, 0.1) is 10.4 Å². The Kier molecular flexibility index (Phi) is 5.37. The third-order valence-corrected chi connectivity index (χ3v) is 4.03. The fraction of sp³-hybridized carbons (Fsp3) is 0.111. The molecular weight excluding hydrogens is 372 g/mol. The monoisotopic (exact) mass is 386 g/mol. The van der Waals surface area contributed by atoms with Gasteiger partial charge in [-0.25, -0.2) is 5.10 Å². The number of benzene rings is 2. The van der Waals surface area contributed by atoms with Gasteiger partial charge in [0.25, 0.3) is 17.4 Å². The van der Waals surface area contributed by atoms with Gasteiger partial charge >= 0.3 is 0 Å². The van der Waals surface area contributed by atoms with Crippen LogP contribution in [0.1, 0.15) is 17.4 Å². The summed E-state index contributed by atoms with van der Waals surface area (Å²) in [6.45, 7) is 1.51. The number of fused-ring (bicyclic) bond motifs is 1. The molecule has 3 aromatic rings. The predicted molar refractivity (Wildman–Crippen MR) is 99.5 cm³/mol. The number of rotatable bonds is 4. The molecule has 0 bridgehead atoms. The van der Waals surface area contributed by atoms with E-state index in [0.717, 1.165) is 0 Å². The Bertz CT molecular complexity index is 1070. The highest BCUT2D eigenvalue weighted by molar-refractivity contribution is 6.32. The Morgan fingerprint density at radius 1 is 1.07 bits per heavy atom. The second-order valence-corrected chi connectivity index (χ2v) is 5.99. The molecule has 1 atom stereocenters. The van der Waals surface area contributed by atoms with Crippen LogP contribution >= 0.6 is 11.6 Å². The van der Waals surface area contributed by atoms with E-state index in [1.807, 2.05) is 0 Å². The van der Waals surface area contributed by atoms with Crippen LogP contribution < -0.4 is 21.1 Å². The van der Waals surface area contributed by atoms with Crippen molar-refractivity contribution in [2.24, 2.45) is 0 Å². The van der Waals surface area contributed by atoms with Crippen LogP contribution in [-0.2, 0) is 4.79 Å². The standard InChI is InChI=1S/C18H15ClN4O4/c1-10(27-14-9-5-4-8-13(14)19)16(24)21-23-18(26)15-11-6-2-3-7-12(11)17(25)22-20-15/h2-10H,1H3,(H,21,24)(H,22,25)(H,23,26). The first-order chi connectivity index (χ1) is 13.0. The van der Waals surface area contributed by atoms with E-state index in [-0.39, 0.29) is 5.69 Å². The third kappa shape index (κ3) is 4.06. The van der Waals surface area contributed by atoms with E-state index in [1.165, 1.54) is 6.92 Å². The number of aromatic amines is 1. The lowest BCUT2D eigenvalue weighted by molar-refractivity contribution is -0.128. The molecule has 138 valence electrons. The van der Waals surface area contributed by atoms with Crippen LogP contribution in [0.4, 0.5) is 0 Å². The minimum absolute atomic E-state index is 0.0230. The van der Waals surface area contributed by atoms with Crippen molar-refractivity contribution in [3.8, 4) is 5.75 Å². The average molecular weight is 387 g/mol. The summed E-state index contributed by atoms with van der Waals surface area (Å²) in [6.07, 6.45) is -0.912. The van der Waals surface area contributed by atoms with Crippen LogP contribution in [0.15, 0.2) is 53.3 Å². The van der Waals surface area contributed by atoms with Gasteiger partial charge in [-0.1, -0.05) is 41.9 Å². The van der Waals surface area contributed by atoms with Gasteiger partial charge in [0.1, 0.15) is 5.75 Å². The third-order valence-electron chi connectivity index (χ3n) is 3.72. The quantitative estimate of drug-likeness (QED) is 0.592. The zero-order chi connectivity index (χ0) is 19.4. The molecule has 3 rings (SSSR count). The topological polar surface area (TPSA) is 113 Å². The van der Waals surface area contributed by atoms with Gasteiger partial charge in [0.2, 0.25) is 0 Å². The number of hydrazine groups is 1. The summed E-state index contributed by atoms with van der Waals surface area (Å²) in [5.74, 6) is -0.917. The molecule has 9 heteroatoms. The van der Waals surface area contributed by atoms with Gasteiger partial charge in [-0.3, -0.25) is 25.2 Å². The van der Waals surface area contributed by atoms with Crippen molar-refractivity contribution in [1.82, 2.24) is 21.0 Å². The second kappa shape index (κ2) is 7.88. The number of halogens is 1. The molecule has 0 saturated heterocycles. The summed E-state index contributed by atoms with van der Waals surface area (Å²) >= 11 is 5.99. The van der Waals surface area contributed by atoms with Crippen molar-refractivity contribution in [2.75, 3.05) is 0 Å². The molecular formula is C18H15ClN4O4. The van der Waals surface area contributed by atoms with Crippen molar-refractivity contribution in [3.05, 3.63) is 69.6 Å². The van der Waals surface area contributed by atoms with E-state index in [2.05, 4.69) is 21.0 Å². The van der Waals surface area contributed by atoms with E-state index in [0.29, 0.717) is 21.5 Å². The van der Waals surface area contributed by atoms with Gasteiger partial charge in [0, 0.05) is 5.39 Å². The zero-order valence-electron chi connectivity index (χ0n) is 14.2. The van der Waals surface area contributed by atoms with Gasteiger partial charge in [-0.15, -0.1) is 0 Å². The highest BCUT2D eigenvalue weighted by Crippen LogP contribution is 2.24. The molecule has 1 aromatic heterocycles. The number of nitrogens with one attached hydrogen (secondary N) is 3. The second-order valence-electron chi connectivity index (χ2n) is 5.58. The number of hydrogen-bond donors (Lipinski definition) is 3. The summed E-state index contributed by atoms with van der Waals surface area (Å²) in [7, 11) is 0. The van der Waals surface area contributed by atoms with Crippen molar-refractivity contribution >= 4 is 34.2 Å². The summed E-state index contributed by atoms with van der Waals surface area (Å²) in [5.41, 5.74) is 4.08. The predicted octanol–water partition coefficient (Wildman–Crippen LogP) is 1.80. The number of H-pyrrole nitrogens is 1. The average Bonchev–Trinajstić information content (AvgIpc) is 2.68. The number of hydrogen-bond acceptors (Lipinski definition) is 5. The molecule has 3 N–H and O–H groups in total. The zero-order valence-corrected chi connectivity index (χ0v) is 14.9. The first-order valence-corrected chi connectivity index (χ1v) is 8.34. The highest BCUT2D eigenvalue weighted by Gasteiger charge is 2.19. The van der Waals surface area contributed by atoms with E-state index in [9.17, 15) is 14.4 Å². The molecule has 0 aliphatic carbocycles. The lowest BCUT2D eigenvalue weighted by atomic mass is 10.1. The van der Waals surface area contributed by atoms with Crippen molar-refractivity contribution in [2.45, 2.75) is 13.0 Å². The molecule has 1 unspecified atom stereocenters. The van der Waals surface area contributed by atoms with Crippen molar-refractivity contribution in [3.63, 3.8) is 0 Å². The first-order valence-electron chi connectivity index (χ1n) is 7.96. The summed E-state index contributed by atoms with van der Waals surface area (Å²) in [6, 6.07) is 13.2. The maximum Gasteiger partial charge on any atom is 0.290 e. The van der Waals surface area contributed by atoms with Crippen LogP contribution in [0.2, 0.25) is 5.02 Å². The maximum absolute atomic E-state index is 12.3. The fourth-order valence-corrected chi connectivity index (χ4v) is 2.53. The Hall–Kier alpha value is -3.39. The number of carbonyl (C=O) groups excluding carboxylic acids is 2. The molecule has 0 aliphatic rings. The van der Waals surface area contributed by atoms with Gasteiger partial charge < -0.3 is 4.74 Å². The summed E-state index contributed by atoms with van der Waals surface area (Å²) in [4.78, 5) is 36.2. The largest absolute Gasteiger partial charge is 0.479 e. The number of nitrogens with zero attached hydrogens (tertiary/aromatic N) is 1. The lowest BCUT2D eigenvalue weighted by Crippen LogP contribution is -2.47. The highest BCUT2D eigenvalue weighted by atomic mass is 35.5. The number of ether oxygens (including phenoxy) is 1. The van der Waals surface area contributed by atoms with E-state index in [4.69, 9.17) is 16.3 Å². The van der Waals surface area contributed by atoms with Crippen LogP contribution in [0.25, 0.3) is 10.8 Å². The van der Waals surface area contributed by atoms with E-state index >= 15 is 0 Å². The van der Waals surface area contributed by atoms with Crippen molar-refractivity contribution in [1.29, 1.82) is 0 Å². The Balaban J connectivity index is 1.67.